The maximum atomic E-state index is 11.1. The van der Waals surface area contributed by atoms with Crippen LogP contribution in [0.5, 0.6) is 0 Å². The Kier molecular flexibility index (Phi) is 4.08. The van der Waals surface area contributed by atoms with Gasteiger partial charge in [0.25, 0.3) is 0 Å². The van der Waals surface area contributed by atoms with Crippen molar-refractivity contribution < 1.29 is 9.28 Å². The van der Waals surface area contributed by atoms with E-state index in [1.165, 1.54) is 0 Å². The van der Waals surface area contributed by atoms with Crippen LogP contribution < -0.4 is 5.32 Å². The molecule has 2 rings (SSSR count). The number of benzene rings is 1. The predicted octanol–water partition coefficient (Wildman–Crippen LogP) is 2.76. The van der Waals surface area contributed by atoms with E-state index in [9.17, 15) is 4.79 Å². The number of carbonyl (C=O) groups is 1. The van der Waals surface area contributed by atoms with Gasteiger partial charge < -0.3 is 9.80 Å². The van der Waals surface area contributed by atoms with Crippen LogP contribution in [0.4, 0.5) is 5.69 Å². The van der Waals surface area contributed by atoms with Gasteiger partial charge in [-0.05, 0) is 12.1 Å². The molecule has 0 bridgehead atoms. The summed E-state index contributed by atoms with van der Waals surface area (Å²) in [6.07, 6.45) is 2.75. The first-order chi connectivity index (χ1) is 9.02. The SMILES string of the molecule is C[N+]1(C)CC(=CNc2ccccc2)C(Cl)=C(C=O)C1. The molecule has 0 unspecified atom stereocenters. The molecular weight excluding hydrogens is 260 g/mol. The summed E-state index contributed by atoms with van der Waals surface area (Å²) in [7, 11) is 4.17. The van der Waals surface area contributed by atoms with Gasteiger partial charge in [-0.1, -0.05) is 29.8 Å². The lowest BCUT2D eigenvalue weighted by Crippen LogP contribution is -2.46. The number of carbonyl (C=O) groups excluding carboxylic acids is 1. The average Bonchev–Trinajstić information content (AvgIpc) is 2.40. The minimum atomic E-state index is 0.580. The van der Waals surface area contributed by atoms with Crippen LogP contribution in [0, 0.1) is 0 Å². The smallest absolute Gasteiger partial charge is 0.153 e. The van der Waals surface area contributed by atoms with Crippen molar-refractivity contribution in [1.82, 2.24) is 0 Å². The van der Waals surface area contributed by atoms with E-state index in [0.717, 1.165) is 28.6 Å². The molecule has 1 N–H and O–H groups in total. The third-order valence-electron chi connectivity index (χ3n) is 3.09. The zero-order valence-corrected chi connectivity index (χ0v) is 11.9. The molecule has 100 valence electrons. The summed E-state index contributed by atoms with van der Waals surface area (Å²) in [4.78, 5) is 11.1. The van der Waals surface area contributed by atoms with E-state index in [1.54, 1.807) is 0 Å². The van der Waals surface area contributed by atoms with Gasteiger partial charge in [0.1, 0.15) is 13.1 Å². The van der Waals surface area contributed by atoms with E-state index in [4.69, 9.17) is 11.6 Å². The highest BCUT2D eigenvalue weighted by atomic mass is 35.5. The van der Waals surface area contributed by atoms with Gasteiger partial charge in [0, 0.05) is 17.5 Å². The Balaban J connectivity index is 2.25. The molecular formula is C15H18ClN2O+. The second kappa shape index (κ2) is 5.59. The van der Waals surface area contributed by atoms with Crippen LogP contribution in [-0.2, 0) is 4.79 Å². The normalized spacial score (nSPS) is 20.5. The third kappa shape index (κ3) is 3.46. The molecule has 1 aromatic rings. The molecule has 4 heteroatoms. The number of hydrogen-bond donors (Lipinski definition) is 1. The highest BCUT2D eigenvalue weighted by Gasteiger charge is 2.29. The van der Waals surface area contributed by atoms with Gasteiger partial charge in [-0.3, -0.25) is 4.79 Å². The number of para-hydroxylation sites is 1. The molecule has 19 heavy (non-hydrogen) atoms. The topological polar surface area (TPSA) is 29.1 Å². The van der Waals surface area contributed by atoms with Crippen molar-refractivity contribution in [2.24, 2.45) is 0 Å². The summed E-state index contributed by atoms with van der Waals surface area (Å²) < 4.78 is 0.729. The van der Waals surface area contributed by atoms with Gasteiger partial charge in [0.15, 0.2) is 6.29 Å². The molecule has 0 aliphatic carbocycles. The summed E-state index contributed by atoms with van der Waals surface area (Å²) in [5.74, 6) is 0. The van der Waals surface area contributed by atoms with Crippen molar-refractivity contribution in [3.8, 4) is 0 Å². The molecule has 0 saturated heterocycles. The number of quaternary nitrogens is 1. The van der Waals surface area contributed by atoms with Crippen LogP contribution in [0.2, 0.25) is 0 Å². The highest BCUT2D eigenvalue weighted by molar-refractivity contribution is 6.33. The number of aldehydes is 1. The van der Waals surface area contributed by atoms with Crippen molar-refractivity contribution in [3.63, 3.8) is 0 Å². The summed E-state index contributed by atoms with van der Waals surface area (Å²) in [5, 5.41) is 3.80. The van der Waals surface area contributed by atoms with Crippen LogP contribution in [0.25, 0.3) is 0 Å². The lowest BCUT2D eigenvalue weighted by Gasteiger charge is -2.34. The molecule has 0 fully saturated rings. The molecule has 0 amide bonds. The maximum Gasteiger partial charge on any atom is 0.153 e. The van der Waals surface area contributed by atoms with E-state index in [2.05, 4.69) is 19.4 Å². The minimum Gasteiger partial charge on any atom is -0.361 e. The number of nitrogens with zero attached hydrogens (tertiary/aromatic N) is 1. The molecule has 1 aliphatic rings. The van der Waals surface area contributed by atoms with E-state index >= 15 is 0 Å². The van der Waals surface area contributed by atoms with Crippen LogP contribution >= 0.6 is 11.6 Å². The lowest BCUT2D eigenvalue weighted by molar-refractivity contribution is -0.881. The quantitative estimate of drug-likeness (QED) is 0.680. The predicted molar refractivity (Wildman–Crippen MR) is 78.9 cm³/mol. The highest BCUT2D eigenvalue weighted by Crippen LogP contribution is 2.27. The summed E-state index contributed by atoms with van der Waals surface area (Å²) in [5.41, 5.74) is 2.63. The first kappa shape index (κ1) is 13.8. The zero-order valence-electron chi connectivity index (χ0n) is 11.2. The number of hydrogen-bond acceptors (Lipinski definition) is 2. The van der Waals surface area contributed by atoms with Gasteiger partial charge in [-0.15, -0.1) is 0 Å². The van der Waals surface area contributed by atoms with Crippen molar-refractivity contribution in [2.45, 2.75) is 0 Å². The number of likely N-dealkylation sites (N-methyl/N-ethyl adjacent to an activating group) is 1. The zero-order chi connectivity index (χ0) is 13.9. The molecule has 0 radical (unpaired) electrons. The maximum absolute atomic E-state index is 11.1. The van der Waals surface area contributed by atoms with Crippen LogP contribution in [-0.4, -0.2) is 38.0 Å². The fourth-order valence-corrected chi connectivity index (χ4v) is 2.44. The fourth-order valence-electron chi connectivity index (χ4n) is 2.23. The van der Waals surface area contributed by atoms with Crippen LogP contribution in [0.3, 0.4) is 0 Å². The summed E-state index contributed by atoms with van der Waals surface area (Å²) >= 11 is 6.27. The number of nitrogens with one attached hydrogen (secondary N) is 1. The van der Waals surface area contributed by atoms with Crippen molar-refractivity contribution in [1.29, 1.82) is 0 Å². The van der Waals surface area contributed by atoms with E-state index in [-0.39, 0.29) is 0 Å². The van der Waals surface area contributed by atoms with Crippen molar-refractivity contribution >= 4 is 23.6 Å². The Morgan fingerprint density at radius 2 is 1.89 bits per heavy atom. The van der Waals surface area contributed by atoms with E-state index in [0.29, 0.717) is 17.2 Å². The second-order valence-corrected chi connectivity index (χ2v) is 5.77. The number of rotatable bonds is 3. The number of halogens is 1. The third-order valence-corrected chi connectivity index (χ3v) is 3.58. The fraction of sp³-hybridized carbons (Fsp3) is 0.267. The second-order valence-electron chi connectivity index (χ2n) is 5.39. The molecule has 1 aliphatic heterocycles. The average molecular weight is 278 g/mol. The Labute approximate surface area is 118 Å². The Bertz CT molecular complexity index is 532. The first-order valence-corrected chi connectivity index (χ1v) is 6.56. The van der Waals surface area contributed by atoms with Crippen molar-refractivity contribution in [2.75, 3.05) is 32.5 Å². The van der Waals surface area contributed by atoms with Crippen LogP contribution in [0.15, 0.2) is 52.7 Å². The van der Waals surface area contributed by atoms with E-state index in [1.807, 2.05) is 36.5 Å². The molecule has 0 atom stereocenters. The standard InChI is InChI=1S/C15H17ClN2O/c1-18(2)9-12(15(16)13(10-18)11-19)8-17-14-6-4-3-5-7-14/h3-8,11H,9-10H2,1-2H3/p+1. The van der Waals surface area contributed by atoms with Gasteiger partial charge in [-0.2, -0.15) is 0 Å². The largest absolute Gasteiger partial charge is 0.361 e. The Morgan fingerprint density at radius 3 is 2.53 bits per heavy atom. The molecule has 3 nitrogen and oxygen atoms in total. The Morgan fingerprint density at radius 1 is 1.21 bits per heavy atom. The molecule has 1 aromatic carbocycles. The van der Waals surface area contributed by atoms with Crippen LogP contribution in [0.1, 0.15) is 0 Å². The monoisotopic (exact) mass is 277 g/mol. The van der Waals surface area contributed by atoms with Gasteiger partial charge in [0.2, 0.25) is 0 Å². The van der Waals surface area contributed by atoms with Gasteiger partial charge in [0.05, 0.1) is 24.7 Å². The molecule has 0 spiro atoms. The summed E-state index contributed by atoms with van der Waals surface area (Å²) in [6, 6.07) is 9.87. The first-order valence-electron chi connectivity index (χ1n) is 6.19. The van der Waals surface area contributed by atoms with Crippen molar-refractivity contribution in [3.05, 3.63) is 52.7 Å². The lowest BCUT2D eigenvalue weighted by atomic mass is 10.1. The van der Waals surface area contributed by atoms with Gasteiger partial charge in [-0.25, -0.2) is 0 Å². The number of anilines is 1. The minimum absolute atomic E-state index is 0.580. The summed E-state index contributed by atoms with van der Waals surface area (Å²) in [6.45, 7) is 1.47. The molecule has 0 saturated carbocycles. The molecule has 0 aromatic heterocycles. The Hall–Kier alpha value is -1.58. The van der Waals surface area contributed by atoms with E-state index < -0.39 is 0 Å². The molecule has 1 heterocycles. The van der Waals surface area contributed by atoms with Gasteiger partial charge >= 0.3 is 0 Å².